The van der Waals surface area contributed by atoms with Gasteiger partial charge in [0.15, 0.2) is 0 Å². The van der Waals surface area contributed by atoms with Gasteiger partial charge in [0.25, 0.3) is 0 Å². The van der Waals surface area contributed by atoms with E-state index >= 15 is 0 Å². The fourth-order valence-electron chi connectivity index (χ4n) is 3.46. The number of rotatable bonds is 4. The van der Waals surface area contributed by atoms with Crippen molar-refractivity contribution in [2.75, 3.05) is 6.61 Å². The Labute approximate surface area is 120 Å². The molecule has 2 aliphatic rings. The zero-order valence-corrected chi connectivity index (χ0v) is 11.8. The summed E-state index contributed by atoms with van der Waals surface area (Å²) in [7, 11) is 0. The molecule has 2 unspecified atom stereocenters. The number of hydrogen-bond acceptors (Lipinski definition) is 2. The minimum atomic E-state index is -0.348. The van der Waals surface area contributed by atoms with Gasteiger partial charge in [-0.05, 0) is 30.7 Å². The number of benzene rings is 1. The molecule has 0 aromatic heterocycles. The van der Waals surface area contributed by atoms with E-state index in [0.29, 0.717) is 5.92 Å². The van der Waals surface area contributed by atoms with Gasteiger partial charge >= 0.3 is 0 Å². The first-order valence-electron chi connectivity index (χ1n) is 7.72. The van der Waals surface area contributed by atoms with Crippen LogP contribution in [0.2, 0.25) is 0 Å². The van der Waals surface area contributed by atoms with Gasteiger partial charge in [0.2, 0.25) is 5.91 Å². The molecule has 3 heteroatoms. The van der Waals surface area contributed by atoms with Gasteiger partial charge in [-0.15, -0.1) is 0 Å². The molecule has 0 bridgehead atoms. The fourth-order valence-corrected chi connectivity index (χ4v) is 3.46. The van der Waals surface area contributed by atoms with E-state index in [1.54, 1.807) is 0 Å². The number of amides is 1. The Morgan fingerprint density at radius 3 is 2.55 bits per heavy atom. The van der Waals surface area contributed by atoms with Gasteiger partial charge in [-0.25, -0.2) is 0 Å². The van der Waals surface area contributed by atoms with E-state index in [9.17, 15) is 9.90 Å². The summed E-state index contributed by atoms with van der Waals surface area (Å²) in [4.78, 5) is 12.4. The molecule has 1 aromatic rings. The maximum Gasteiger partial charge on any atom is 0.224 e. The van der Waals surface area contributed by atoms with Gasteiger partial charge in [-0.1, -0.05) is 49.6 Å². The first-order chi connectivity index (χ1) is 9.74. The number of nitrogens with one attached hydrogen (secondary N) is 1. The standard InChI is InChI=1S/C17H23NO2/c19-12-17(9-5-2-6-10-17)18-16(20)15-11-14(15)13-7-3-1-4-8-13/h1,3-4,7-8,14-15,19H,2,5-6,9-12H2,(H,18,20). The molecule has 2 atom stereocenters. The Balaban J connectivity index is 1.60. The molecule has 0 aliphatic heterocycles. The monoisotopic (exact) mass is 273 g/mol. The maximum atomic E-state index is 12.4. The van der Waals surface area contributed by atoms with Crippen molar-refractivity contribution < 1.29 is 9.90 Å². The Kier molecular flexibility index (Phi) is 3.79. The topological polar surface area (TPSA) is 49.3 Å². The Bertz CT molecular complexity index is 465. The molecule has 0 radical (unpaired) electrons. The van der Waals surface area contributed by atoms with Crippen LogP contribution in [0.15, 0.2) is 30.3 Å². The van der Waals surface area contributed by atoms with Crippen LogP contribution in [0.4, 0.5) is 0 Å². The predicted molar refractivity (Wildman–Crippen MR) is 78.3 cm³/mol. The smallest absolute Gasteiger partial charge is 0.224 e. The lowest BCUT2D eigenvalue weighted by Crippen LogP contribution is -2.53. The van der Waals surface area contributed by atoms with E-state index in [1.807, 2.05) is 18.2 Å². The third-order valence-corrected chi connectivity index (χ3v) is 4.86. The molecule has 3 rings (SSSR count). The second-order valence-corrected chi connectivity index (χ2v) is 6.35. The number of carbonyl (C=O) groups excluding carboxylic acids is 1. The molecule has 1 amide bonds. The summed E-state index contributed by atoms with van der Waals surface area (Å²) in [5, 5.41) is 12.8. The Morgan fingerprint density at radius 2 is 1.90 bits per heavy atom. The molecule has 0 heterocycles. The summed E-state index contributed by atoms with van der Waals surface area (Å²) in [5.74, 6) is 0.605. The van der Waals surface area contributed by atoms with Gasteiger partial charge in [-0.3, -0.25) is 4.79 Å². The molecule has 0 spiro atoms. The van der Waals surface area contributed by atoms with Gasteiger partial charge < -0.3 is 10.4 Å². The average Bonchev–Trinajstić information content (AvgIpc) is 3.30. The van der Waals surface area contributed by atoms with Crippen molar-refractivity contribution in [1.29, 1.82) is 0 Å². The van der Waals surface area contributed by atoms with E-state index in [-0.39, 0.29) is 24.0 Å². The van der Waals surface area contributed by atoms with Crippen LogP contribution in [-0.4, -0.2) is 23.2 Å². The molecule has 2 saturated carbocycles. The normalized spacial score (nSPS) is 27.9. The third-order valence-electron chi connectivity index (χ3n) is 4.86. The quantitative estimate of drug-likeness (QED) is 0.886. The Hall–Kier alpha value is -1.35. The van der Waals surface area contributed by atoms with Crippen molar-refractivity contribution in [2.24, 2.45) is 5.92 Å². The van der Waals surface area contributed by atoms with E-state index in [1.165, 1.54) is 12.0 Å². The fraction of sp³-hybridized carbons (Fsp3) is 0.588. The molecule has 2 aliphatic carbocycles. The van der Waals surface area contributed by atoms with Crippen molar-refractivity contribution in [3.63, 3.8) is 0 Å². The van der Waals surface area contributed by atoms with Gasteiger partial charge in [0.1, 0.15) is 0 Å². The highest BCUT2D eigenvalue weighted by Gasteiger charge is 2.46. The highest BCUT2D eigenvalue weighted by atomic mass is 16.3. The molecular formula is C17H23NO2. The first kappa shape index (κ1) is 13.6. The minimum Gasteiger partial charge on any atom is -0.394 e. The van der Waals surface area contributed by atoms with Crippen LogP contribution < -0.4 is 5.32 Å². The largest absolute Gasteiger partial charge is 0.394 e. The summed E-state index contributed by atoms with van der Waals surface area (Å²) in [6, 6.07) is 10.3. The second kappa shape index (κ2) is 5.57. The zero-order chi connectivity index (χ0) is 14.0. The SMILES string of the molecule is O=C(NC1(CO)CCCCC1)C1CC1c1ccccc1. The summed E-state index contributed by atoms with van der Waals surface area (Å²) in [5.41, 5.74) is 0.911. The number of aliphatic hydroxyl groups excluding tert-OH is 1. The van der Waals surface area contributed by atoms with Crippen LogP contribution in [0.5, 0.6) is 0 Å². The number of aliphatic hydroxyl groups is 1. The second-order valence-electron chi connectivity index (χ2n) is 6.35. The molecule has 3 nitrogen and oxygen atoms in total. The molecule has 20 heavy (non-hydrogen) atoms. The highest BCUT2D eigenvalue weighted by Crippen LogP contribution is 2.47. The lowest BCUT2D eigenvalue weighted by Gasteiger charge is -2.36. The number of hydrogen-bond donors (Lipinski definition) is 2. The van der Waals surface area contributed by atoms with Crippen molar-refractivity contribution in [3.05, 3.63) is 35.9 Å². The van der Waals surface area contributed by atoms with E-state index in [0.717, 1.165) is 32.1 Å². The van der Waals surface area contributed by atoms with Crippen LogP contribution in [0.25, 0.3) is 0 Å². The van der Waals surface area contributed by atoms with Crippen molar-refractivity contribution in [1.82, 2.24) is 5.32 Å². The molecule has 108 valence electrons. The third kappa shape index (κ3) is 2.73. The van der Waals surface area contributed by atoms with Crippen molar-refractivity contribution in [3.8, 4) is 0 Å². The van der Waals surface area contributed by atoms with Crippen LogP contribution in [0, 0.1) is 5.92 Å². The molecular weight excluding hydrogens is 250 g/mol. The molecule has 2 fully saturated rings. The summed E-state index contributed by atoms with van der Waals surface area (Å²) in [6.07, 6.45) is 6.20. The van der Waals surface area contributed by atoms with Gasteiger partial charge in [-0.2, -0.15) is 0 Å². The van der Waals surface area contributed by atoms with Crippen LogP contribution in [0.3, 0.4) is 0 Å². The summed E-state index contributed by atoms with van der Waals surface area (Å²) >= 11 is 0. The van der Waals surface area contributed by atoms with Crippen LogP contribution in [0.1, 0.15) is 50.0 Å². The van der Waals surface area contributed by atoms with E-state index < -0.39 is 0 Å². The van der Waals surface area contributed by atoms with Crippen LogP contribution >= 0.6 is 0 Å². The summed E-state index contributed by atoms with van der Waals surface area (Å²) in [6.45, 7) is 0.0709. The lowest BCUT2D eigenvalue weighted by atomic mass is 9.82. The van der Waals surface area contributed by atoms with Crippen LogP contribution in [-0.2, 0) is 4.79 Å². The minimum absolute atomic E-state index is 0.0709. The van der Waals surface area contributed by atoms with E-state index in [4.69, 9.17) is 0 Å². The highest BCUT2D eigenvalue weighted by molar-refractivity contribution is 5.83. The molecule has 2 N–H and O–H groups in total. The maximum absolute atomic E-state index is 12.4. The zero-order valence-electron chi connectivity index (χ0n) is 11.8. The summed E-state index contributed by atoms with van der Waals surface area (Å²) < 4.78 is 0. The average molecular weight is 273 g/mol. The van der Waals surface area contributed by atoms with Gasteiger partial charge in [0, 0.05) is 5.92 Å². The van der Waals surface area contributed by atoms with Crippen molar-refractivity contribution >= 4 is 5.91 Å². The molecule has 1 aromatic carbocycles. The lowest BCUT2D eigenvalue weighted by molar-refractivity contribution is -0.125. The first-order valence-corrected chi connectivity index (χ1v) is 7.72. The van der Waals surface area contributed by atoms with Gasteiger partial charge in [0.05, 0.1) is 12.1 Å². The Morgan fingerprint density at radius 1 is 1.20 bits per heavy atom. The predicted octanol–water partition coefficient (Wildman–Crippen LogP) is 2.60. The molecule has 0 saturated heterocycles. The number of carbonyl (C=O) groups is 1. The van der Waals surface area contributed by atoms with E-state index in [2.05, 4.69) is 17.4 Å². The van der Waals surface area contributed by atoms with Crippen molar-refractivity contribution in [2.45, 2.75) is 50.0 Å².